The van der Waals surface area contributed by atoms with Crippen LogP contribution in [0.4, 0.5) is 0 Å². The number of aryl methyl sites for hydroxylation is 1. The summed E-state index contributed by atoms with van der Waals surface area (Å²) >= 11 is 0. The zero-order valence-electron chi connectivity index (χ0n) is 10.4. The number of hydrogen-bond donors (Lipinski definition) is 1. The zero-order valence-corrected chi connectivity index (χ0v) is 10.4. The highest BCUT2D eigenvalue weighted by atomic mass is 16.5. The van der Waals surface area contributed by atoms with Gasteiger partial charge in [0, 0.05) is 19.2 Å². The molecule has 1 aliphatic heterocycles. The molecule has 0 aromatic carbocycles. The van der Waals surface area contributed by atoms with E-state index in [-0.39, 0.29) is 5.91 Å². The van der Waals surface area contributed by atoms with Gasteiger partial charge < -0.3 is 10.1 Å². The molecule has 0 unspecified atom stereocenters. The Balaban J connectivity index is 1.69. The molecule has 1 amide bonds. The van der Waals surface area contributed by atoms with E-state index in [2.05, 4.69) is 15.4 Å². The second-order valence-corrected chi connectivity index (χ2v) is 4.29. The molecule has 2 aromatic rings. The number of aromatic nitrogens is 3. The Bertz CT molecular complexity index is 580. The Labute approximate surface area is 110 Å². The first-order valence-electron chi connectivity index (χ1n) is 6.21. The van der Waals surface area contributed by atoms with Crippen molar-refractivity contribution in [1.82, 2.24) is 20.1 Å². The summed E-state index contributed by atoms with van der Waals surface area (Å²) in [4.78, 5) is 16.2. The van der Waals surface area contributed by atoms with E-state index in [1.54, 1.807) is 17.1 Å². The molecule has 1 aliphatic rings. The molecule has 0 aliphatic carbocycles. The summed E-state index contributed by atoms with van der Waals surface area (Å²) in [6.07, 6.45) is 4.17. The van der Waals surface area contributed by atoms with Gasteiger partial charge in [0.15, 0.2) is 0 Å². The second kappa shape index (κ2) is 5.09. The van der Waals surface area contributed by atoms with Crippen LogP contribution in [0.3, 0.4) is 0 Å². The summed E-state index contributed by atoms with van der Waals surface area (Å²) in [5.74, 6) is 0.374. The average molecular weight is 258 g/mol. The smallest absolute Gasteiger partial charge is 0.258 e. The van der Waals surface area contributed by atoms with Gasteiger partial charge in [-0.1, -0.05) is 6.07 Å². The minimum absolute atomic E-state index is 0.186. The van der Waals surface area contributed by atoms with Gasteiger partial charge in [-0.15, -0.1) is 0 Å². The first-order chi connectivity index (χ1) is 9.34. The van der Waals surface area contributed by atoms with Gasteiger partial charge in [0.1, 0.15) is 5.56 Å². The molecule has 1 N–H and O–H groups in total. The lowest BCUT2D eigenvalue weighted by atomic mass is 10.3. The summed E-state index contributed by atoms with van der Waals surface area (Å²) in [7, 11) is 0. The van der Waals surface area contributed by atoms with Crippen molar-refractivity contribution in [1.29, 1.82) is 0 Å². The third-order valence-corrected chi connectivity index (χ3v) is 2.94. The van der Waals surface area contributed by atoms with E-state index < -0.39 is 0 Å². The van der Waals surface area contributed by atoms with Crippen molar-refractivity contribution in [2.24, 2.45) is 0 Å². The summed E-state index contributed by atoms with van der Waals surface area (Å²) in [5.41, 5.74) is 1.30. The first kappa shape index (κ1) is 11.7. The van der Waals surface area contributed by atoms with Crippen LogP contribution in [-0.4, -0.2) is 27.3 Å². The number of nitrogens with zero attached hydrogens (tertiary/aromatic N) is 3. The topological polar surface area (TPSA) is 69.0 Å². The van der Waals surface area contributed by atoms with Gasteiger partial charge in [-0.3, -0.25) is 9.78 Å². The first-order valence-corrected chi connectivity index (χ1v) is 6.21. The Morgan fingerprint density at radius 3 is 3.26 bits per heavy atom. The second-order valence-electron chi connectivity index (χ2n) is 4.29. The van der Waals surface area contributed by atoms with E-state index in [9.17, 15) is 4.79 Å². The normalized spacial score (nSPS) is 13.5. The Morgan fingerprint density at radius 2 is 2.42 bits per heavy atom. The predicted octanol–water partition coefficient (Wildman–Crippen LogP) is 0.991. The zero-order chi connectivity index (χ0) is 13.1. The minimum Gasteiger partial charge on any atom is -0.477 e. The molecule has 3 heterocycles. The summed E-state index contributed by atoms with van der Waals surface area (Å²) in [6, 6.07) is 5.59. The standard InChI is InChI=1S/C13H14N4O2/c18-12(15-8-10-4-1-2-5-14-10)11-9-16-17-6-3-7-19-13(11)17/h1-2,4-5,9H,3,6-8H2,(H,15,18). The maximum Gasteiger partial charge on any atom is 0.258 e. The van der Waals surface area contributed by atoms with E-state index in [0.29, 0.717) is 24.6 Å². The van der Waals surface area contributed by atoms with Crippen molar-refractivity contribution in [2.45, 2.75) is 19.5 Å². The van der Waals surface area contributed by atoms with E-state index in [1.165, 1.54) is 0 Å². The molecule has 6 nitrogen and oxygen atoms in total. The van der Waals surface area contributed by atoms with Crippen molar-refractivity contribution in [3.63, 3.8) is 0 Å². The van der Waals surface area contributed by atoms with Crippen molar-refractivity contribution < 1.29 is 9.53 Å². The Kier molecular flexibility index (Phi) is 3.14. The van der Waals surface area contributed by atoms with Gasteiger partial charge in [-0.2, -0.15) is 5.10 Å². The molecule has 98 valence electrons. The van der Waals surface area contributed by atoms with Crippen LogP contribution >= 0.6 is 0 Å². The van der Waals surface area contributed by atoms with E-state index in [4.69, 9.17) is 4.74 Å². The molecule has 0 saturated heterocycles. The highest BCUT2D eigenvalue weighted by Gasteiger charge is 2.21. The van der Waals surface area contributed by atoms with Crippen LogP contribution in [-0.2, 0) is 13.1 Å². The van der Waals surface area contributed by atoms with Gasteiger partial charge in [0.2, 0.25) is 5.88 Å². The minimum atomic E-state index is -0.186. The Morgan fingerprint density at radius 1 is 1.47 bits per heavy atom. The highest BCUT2D eigenvalue weighted by Crippen LogP contribution is 2.21. The lowest BCUT2D eigenvalue weighted by molar-refractivity contribution is 0.0944. The van der Waals surface area contributed by atoms with Gasteiger partial charge >= 0.3 is 0 Å². The summed E-state index contributed by atoms with van der Waals surface area (Å²) < 4.78 is 7.21. The molecule has 0 saturated carbocycles. The maximum absolute atomic E-state index is 12.1. The predicted molar refractivity (Wildman–Crippen MR) is 67.7 cm³/mol. The molecular weight excluding hydrogens is 244 g/mol. The van der Waals surface area contributed by atoms with Crippen molar-refractivity contribution in [3.8, 4) is 5.88 Å². The number of fused-ring (bicyclic) bond motifs is 1. The molecule has 6 heteroatoms. The van der Waals surface area contributed by atoms with E-state index >= 15 is 0 Å². The fourth-order valence-corrected chi connectivity index (χ4v) is 1.99. The number of pyridine rings is 1. The van der Waals surface area contributed by atoms with E-state index in [1.807, 2.05) is 18.2 Å². The monoisotopic (exact) mass is 258 g/mol. The molecule has 0 bridgehead atoms. The number of carbonyl (C=O) groups is 1. The molecule has 0 atom stereocenters. The molecule has 19 heavy (non-hydrogen) atoms. The average Bonchev–Trinajstić information content (AvgIpc) is 2.90. The van der Waals surface area contributed by atoms with Gasteiger partial charge in [0.05, 0.1) is 25.0 Å². The molecule has 0 spiro atoms. The number of carbonyl (C=O) groups excluding carboxylic acids is 1. The van der Waals surface area contributed by atoms with Crippen molar-refractivity contribution in [3.05, 3.63) is 41.9 Å². The lowest BCUT2D eigenvalue weighted by Gasteiger charge is -2.15. The summed E-state index contributed by atoms with van der Waals surface area (Å²) in [5, 5.41) is 6.96. The number of hydrogen-bond acceptors (Lipinski definition) is 4. The highest BCUT2D eigenvalue weighted by molar-refractivity contribution is 5.96. The van der Waals surface area contributed by atoms with Gasteiger partial charge in [-0.05, 0) is 12.1 Å². The molecular formula is C13H14N4O2. The van der Waals surface area contributed by atoms with Crippen molar-refractivity contribution >= 4 is 5.91 Å². The molecule has 2 aromatic heterocycles. The van der Waals surface area contributed by atoms with Crippen LogP contribution in [0, 0.1) is 0 Å². The third-order valence-electron chi connectivity index (χ3n) is 2.94. The van der Waals surface area contributed by atoms with Gasteiger partial charge in [-0.25, -0.2) is 4.68 Å². The van der Waals surface area contributed by atoms with E-state index in [0.717, 1.165) is 18.7 Å². The Hall–Kier alpha value is -2.37. The van der Waals surface area contributed by atoms with Gasteiger partial charge in [0.25, 0.3) is 5.91 Å². The van der Waals surface area contributed by atoms with Crippen LogP contribution in [0.15, 0.2) is 30.6 Å². The lowest BCUT2D eigenvalue weighted by Crippen LogP contribution is -2.24. The van der Waals surface area contributed by atoms with Crippen LogP contribution in [0.25, 0.3) is 0 Å². The molecule has 3 rings (SSSR count). The number of rotatable bonds is 3. The largest absolute Gasteiger partial charge is 0.477 e. The fourth-order valence-electron chi connectivity index (χ4n) is 1.99. The summed E-state index contributed by atoms with van der Waals surface area (Å²) in [6.45, 7) is 1.82. The number of nitrogens with one attached hydrogen (secondary N) is 1. The number of ether oxygens (including phenoxy) is 1. The number of amides is 1. The molecule has 0 radical (unpaired) electrons. The van der Waals surface area contributed by atoms with Crippen LogP contribution < -0.4 is 10.1 Å². The van der Waals surface area contributed by atoms with Crippen LogP contribution in [0.5, 0.6) is 5.88 Å². The van der Waals surface area contributed by atoms with Crippen LogP contribution in [0.2, 0.25) is 0 Å². The van der Waals surface area contributed by atoms with Crippen molar-refractivity contribution in [2.75, 3.05) is 6.61 Å². The maximum atomic E-state index is 12.1. The quantitative estimate of drug-likeness (QED) is 0.891. The fraction of sp³-hybridized carbons (Fsp3) is 0.308. The van der Waals surface area contributed by atoms with Crippen LogP contribution in [0.1, 0.15) is 22.5 Å². The third kappa shape index (κ3) is 2.42. The molecule has 0 fully saturated rings. The SMILES string of the molecule is O=C(NCc1ccccn1)c1cnn2c1OCCC2.